The molecule has 1 aromatic rings. The number of nitrogens with one attached hydrogen (secondary N) is 1. The van der Waals surface area contributed by atoms with Gasteiger partial charge >= 0.3 is 0 Å². The third-order valence-corrected chi connectivity index (χ3v) is 6.13. The summed E-state index contributed by atoms with van der Waals surface area (Å²) in [6.07, 6.45) is 2.54. The van der Waals surface area contributed by atoms with E-state index in [4.69, 9.17) is 0 Å². The Bertz CT molecular complexity index is 574. The molecule has 2 N–H and O–H groups in total. The molecule has 0 radical (unpaired) electrons. The van der Waals surface area contributed by atoms with Crippen LogP contribution in [0.15, 0.2) is 29.2 Å². The lowest BCUT2D eigenvalue weighted by Crippen LogP contribution is -2.45. The number of rotatable bonds is 5. The Morgan fingerprint density at radius 3 is 2.86 bits per heavy atom. The van der Waals surface area contributed by atoms with Crippen LogP contribution < -0.4 is 5.32 Å². The number of sulfonamides is 1. The first-order valence-electron chi connectivity index (χ1n) is 7.40. The highest BCUT2D eigenvalue weighted by molar-refractivity contribution is 7.89. The first kappa shape index (κ1) is 16.4. The van der Waals surface area contributed by atoms with Crippen LogP contribution in [0.2, 0.25) is 0 Å². The van der Waals surface area contributed by atoms with E-state index in [-0.39, 0.29) is 18.7 Å². The lowest BCUT2D eigenvalue weighted by molar-refractivity contribution is 0.155. The van der Waals surface area contributed by atoms with E-state index >= 15 is 0 Å². The molecule has 1 saturated heterocycles. The van der Waals surface area contributed by atoms with Gasteiger partial charge in [0, 0.05) is 18.6 Å². The van der Waals surface area contributed by atoms with E-state index in [1.165, 1.54) is 4.31 Å². The molecule has 1 fully saturated rings. The van der Waals surface area contributed by atoms with Gasteiger partial charge in [0.2, 0.25) is 10.0 Å². The second kappa shape index (κ2) is 6.87. The molecule has 0 amide bonds. The van der Waals surface area contributed by atoms with Gasteiger partial charge in [-0.2, -0.15) is 4.31 Å². The Hall–Kier alpha value is -0.950. The van der Waals surface area contributed by atoms with Gasteiger partial charge < -0.3 is 10.4 Å². The van der Waals surface area contributed by atoms with Gasteiger partial charge in [0.05, 0.1) is 11.5 Å². The van der Waals surface area contributed by atoms with E-state index in [1.807, 2.05) is 20.0 Å². The highest BCUT2D eigenvalue weighted by atomic mass is 32.2. The van der Waals surface area contributed by atoms with Crippen molar-refractivity contribution in [2.24, 2.45) is 0 Å². The molecule has 1 aromatic carbocycles. The smallest absolute Gasteiger partial charge is 0.243 e. The van der Waals surface area contributed by atoms with Crippen molar-refractivity contribution >= 4 is 10.0 Å². The van der Waals surface area contributed by atoms with Gasteiger partial charge in [0.1, 0.15) is 0 Å². The van der Waals surface area contributed by atoms with Crippen molar-refractivity contribution in [3.05, 3.63) is 29.8 Å². The lowest BCUT2D eigenvalue weighted by Gasteiger charge is -2.33. The van der Waals surface area contributed by atoms with Crippen LogP contribution in [-0.2, 0) is 10.0 Å². The maximum absolute atomic E-state index is 12.8. The fraction of sp³-hybridized carbons (Fsp3) is 0.600. The molecule has 0 spiro atoms. The third-order valence-electron chi connectivity index (χ3n) is 4.18. The number of piperidine rings is 1. The van der Waals surface area contributed by atoms with Gasteiger partial charge in [0.15, 0.2) is 0 Å². The minimum Gasteiger partial charge on any atom is -0.395 e. The summed E-state index contributed by atoms with van der Waals surface area (Å²) in [5, 5.41) is 12.5. The standard InChI is InChI=1S/C15H24N2O3S/c1-12(16-2)13-6-5-8-15(10-13)21(19,20)17-9-4-3-7-14(17)11-18/h5-6,8,10,12,14,16,18H,3-4,7,9,11H2,1-2H3. The van der Waals surface area contributed by atoms with Gasteiger partial charge in [-0.1, -0.05) is 18.6 Å². The summed E-state index contributed by atoms with van der Waals surface area (Å²) in [6.45, 7) is 2.36. The second-order valence-corrected chi connectivity index (χ2v) is 7.42. The number of aliphatic hydroxyl groups is 1. The van der Waals surface area contributed by atoms with Gasteiger partial charge in [-0.25, -0.2) is 8.42 Å². The Balaban J connectivity index is 2.34. The van der Waals surface area contributed by atoms with Crippen LogP contribution in [0.1, 0.15) is 37.8 Å². The average Bonchev–Trinajstić information content (AvgIpc) is 2.54. The highest BCUT2D eigenvalue weighted by Crippen LogP contribution is 2.26. The Morgan fingerprint density at radius 2 is 2.19 bits per heavy atom. The number of benzene rings is 1. The van der Waals surface area contributed by atoms with Crippen molar-refractivity contribution in [1.82, 2.24) is 9.62 Å². The molecule has 0 aromatic heterocycles. The largest absolute Gasteiger partial charge is 0.395 e. The summed E-state index contributed by atoms with van der Waals surface area (Å²) in [6, 6.07) is 6.83. The number of hydrogen-bond donors (Lipinski definition) is 2. The zero-order chi connectivity index (χ0) is 15.5. The molecule has 21 heavy (non-hydrogen) atoms. The maximum atomic E-state index is 12.8. The van der Waals surface area contributed by atoms with Crippen molar-refractivity contribution < 1.29 is 13.5 Å². The predicted molar refractivity (Wildman–Crippen MR) is 82.5 cm³/mol. The fourth-order valence-electron chi connectivity index (χ4n) is 2.72. The third kappa shape index (κ3) is 3.45. The summed E-state index contributed by atoms with van der Waals surface area (Å²) in [5.41, 5.74) is 0.941. The molecule has 0 saturated carbocycles. The van der Waals surface area contributed by atoms with Crippen LogP contribution in [0, 0.1) is 0 Å². The van der Waals surface area contributed by atoms with Crippen LogP contribution in [0.3, 0.4) is 0 Å². The molecule has 6 heteroatoms. The monoisotopic (exact) mass is 312 g/mol. The summed E-state index contributed by atoms with van der Waals surface area (Å²) >= 11 is 0. The predicted octanol–water partition coefficient (Wildman–Crippen LogP) is 1.50. The van der Waals surface area contributed by atoms with Crippen LogP contribution in [-0.4, -0.2) is 44.1 Å². The van der Waals surface area contributed by atoms with Crippen molar-refractivity contribution in [3.8, 4) is 0 Å². The van der Waals surface area contributed by atoms with Crippen LogP contribution in [0.5, 0.6) is 0 Å². The molecular formula is C15H24N2O3S. The first-order chi connectivity index (χ1) is 10.0. The van der Waals surface area contributed by atoms with Crippen molar-refractivity contribution in [1.29, 1.82) is 0 Å². The molecule has 2 unspecified atom stereocenters. The molecule has 1 aliphatic rings. The van der Waals surface area contributed by atoms with E-state index in [1.54, 1.807) is 18.2 Å². The topological polar surface area (TPSA) is 69.6 Å². The SMILES string of the molecule is CNC(C)c1cccc(S(=O)(=O)N2CCCCC2CO)c1. The second-order valence-electron chi connectivity index (χ2n) is 5.53. The average molecular weight is 312 g/mol. The number of nitrogens with zero attached hydrogens (tertiary/aromatic N) is 1. The zero-order valence-corrected chi connectivity index (χ0v) is 13.4. The summed E-state index contributed by atoms with van der Waals surface area (Å²) in [7, 11) is -1.70. The van der Waals surface area contributed by atoms with Gasteiger partial charge in [-0.05, 0) is 44.5 Å². The molecule has 0 aliphatic carbocycles. The minimum absolute atomic E-state index is 0.0927. The zero-order valence-electron chi connectivity index (χ0n) is 12.6. The Kier molecular flexibility index (Phi) is 5.37. The molecule has 1 heterocycles. The minimum atomic E-state index is -3.54. The van der Waals surface area contributed by atoms with Gasteiger partial charge in [0.25, 0.3) is 0 Å². The molecule has 118 valence electrons. The van der Waals surface area contributed by atoms with Gasteiger partial charge in [-0.3, -0.25) is 0 Å². The molecule has 5 nitrogen and oxygen atoms in total. The van der Waals surface area contributed by atoms with Gasteiger partial charge in [-0.15, -0.1) is 0 Å². The molecular weight excluding hydrogens is 288 g/mol. The van der Waals surface area contributed by atoms with Crippen molar-refractivity contribution in [3.63, 3.8) is 0 Å². The number of aliphatic hydroxyl groups excluding tert-OH is 1. The molecule has 0 bridgehead atoms. The highest BCUT2D eigenvalue weighted by Gasteiger charge is 2.33. The lowest BCUT2D eigenvalue weighted by atomic mass is 10.1. The number of hydrogen-bond acceptors (Lipinski definition) is 4. The Morgan fingerprint density at radius 1 is 1.43 bits per heavy atom. The van der Waals surface area contributed by atoms with E-state index < -0.39 is 10.0 Å². The van der Waals surface area contributed by atoms with E-state index in [0.717, 1.165) is 24.8 Å². The van der Waals surface area contributed by atoms with Crippen molar-refractivity contribution in [2.75, 3.05) is 20.2 Å². The fourth-order valence-corrected chi connectivity index (χ4v) is 4.46. The Labute approximate surface area is 127 Å². The summed E-state index contributed by atoms with van der Waals surface area (Å²) in [4.78, 5) is 0.308. The molecule has 2 rings (SSSR count). The first-order valence-corrected chi connectivity index (χ1v) is 8.84. The quantitative estimate of drug-likeness (QED) is 0.864. The molecule has 2 atom stereocenters. The normalized spacial score (nSPS) is 22.1. The van der Waals surface area contributed by atoms with E-state index in [2.05, 4.69) is 5.32 Å². The molecule has 1 aliphatic heterocycles. The summed E-state index contributed by atoms with van der Waals surface area (Å²) in [5.74, 6) is 0. The summed E-state index contributed by atoms with van der Waals surface area (Å²) < 4.78 is 27.1. The van der Waals surface area contributed by atoms with Crippen LogP contribution in [0.25, 0.3) is 0 Å². The van der Waals surface area contributed by atoms with Crippen molar-refractivity contribution in [2.45, 2.75) is 43.2 Å². The maximum Gasteiger partial charge on any atom is 0.243 e. The van der Waals surface area contributed by atoms with Crippen LogP contribution in [0.4, 0.5) is 0 Å². The van der Waals surface area contributed by atoms with E-state index in [0.29, 0.717) is 11.4 Å². The van der Waals surface area contributed by atoms with Crippen LogP contribution >= 0.6 is 0 Å². The van der Waals surface area contributed by atoms with E-state index in [9.17, 15) is 13.5 Å².